The third-order valence-electron chi connectivity index (χ3n) is 4.84. The zero-order valence-corrected chi connectivity index (χ0v) is 17.6. The molecule has 1 fully saturated rings. The van der Waals surface area contributed by atoms with E-state index in [0.29, 0.717) is 29.5 Å². The predicted octanol–water partition coefficient (Wildman–Crippen LogP) is 4.45. The Morgan fingerprint density at radius 1 is 1.03 bits per heavy atom. The molecule has 2 N–H and O–H groups in total. The van der Waals surface area contributed by atoms with Crippen molar-refractivity contribution < 1.29 is 23.9 Å². The van der Waals surface area contributed by atoms with Crippen LogP contribution in [0.5, 0.6) is 5.75 Å². The van der Waals surface area contributed by atoms with Gasteiger partial charge in [0.25, 0.3) is 5.91 Å². The molecule has 1 aliphatic carbocycles. The van der Waals surface area contributed by atoms with Crippen LogP contribution in [0.1, 0.15) is 42.6 Å². The molecule has 31 heavy (non-hydrogen) atoms. The fraction of sp³-hybridized carbons (Fsp3) is 0.292. The maximum absolute atomic E-state index is 12.4. The van der Waals surface area contributed by atoms with Crippen molar-refractivity contribution in [3.8, 4) is 5.75 Å². The van der Waals surface area contributed by atoms with E-state index in [1.54, 1.807) is 37.3 Å². The lowest BCUT2D eigenvalue weighted by molar-refractivity contribution is -0.116. The van der Waals surface area contributed by atoms with Crippen LogP contribution in [0.15, 0.2) is 60.2 Å². The molecule has 0 radical (unpaired) electrons. The third kappa shape index (κ3) is 6.99. The number of allylic oxidation sites excluding steroid dienone is 1. The first kappa shape index (κ1) is 22.1. The summed E-state index contributed by atoms with van der Waals surface area (Å²) in [6.07, 6.45) is 3.24. The molecule has 2 aromatic rings. The topological polar surface area (TPSA) is 93.7 Å². The van der Waals surface area contributed by atoms with Crippen molar-refractivity contribution in [1.29, 1.82) is 0 Å². The van der Waals surface area contributed by atoms with Gasteiger partial charge in [-0.2, -0.15) is 0 Å². The van der Waals surface area contributed by atoms with Gasteiger partial charge >= 0.3 is 6.16 Å². The second-order valence-electron chi connectivity index (χ2n) is 7.34. The molecule has 0 aromatic heterocycles. The van der Waals surface area contributed by atoms with E-state index >= 15 is 0 Å². The highest BCUT2D eigenvalue weighted by atomic mass is 16.7. The summed E-state index contributed by atoms with van der Waals surface area (Å²) in [7, 11) is 0. The van der Waals surface area contributed by atoms with E-state index in [9.17, 15) is 14.4 Å². The van der Waals surface area contributed by atoms with E-state index in [0.717, 1.165) is 11.1 Å². The minimum atomic E-state index is -0.787. The quantitative estimate of drug-likeness (QED) is 0.372. The van der Waals surface area contributed by atoms with Gasteiger partial charge in [0.05, 0.1) is 6.61 Å². The number of hydrogen-bond donors (Lipinski definition) is 2. The molecule has 7 nitrogen and oxygen atoms in total. The lowest BCUT2D eigenvalue weighted by Crippen LogP contribution is -2.20. The van der Waals surface area contributed by atoms with Crippen molar-refractivity contribution in [3.05, 3.63) is 71.3 Å². The van der Waals surface area contributed by atoms with Gasteiger partial charge in [0.2, 0.25) is 5.91 Å². The van der Waals surface area contributed by atoms with Crippen LogP contribution in [0.25, 0.3) is 0 Å². The highest BCUT2D eigenvalue weighted by Gasteiger charge is 2.23. The van der Waals surface area contributed by atoms with Crippen LogP contribution >= 0.6 is 0 Å². The lowest BCUT2D eigenvalue weighted by Gasteiger charge is -2.08. The summed E-state index contributed by atoms with van der Waals surface area (Å²) in [5.41, 5.74) is 3.13. The maximum Gasteiger partial charge on any atom is 0.513 e. The molecule has 1 saturated carbocycles. The molecule has 0 spiro atoms. The number of anilines is 1. The van der Waals surface area contributed by atoms with Crippen LogP contribution in [0, 0.1) is 5.92 Å². The summed E-state index contributed by atoms with van der Waals surface area (Å²) in [6.45, 7) is 4.33. The lowest BCUT2D eigenvalue weighted by atomic mass is 10.1. The average Bonchev–Trinajstić information content (AvgIpc) is 3.59. The normalized spacial score (nSPS) is 13.3. The van der Waals surface area contributed by atoms with Crippen LogP contribution in [-0.4, -0.2) is 24.6 Å². The summed E-state index contributed by atoms with van der Waals surface area (Å²) in [5, 5.41) is 5.69. The molecule has 0 unspecified atom stereocenters. The van der Waals surface area contributed by atoms with Crippen molar-refractivity contribution in [2.45, 2.75) is 33.2 Å². The smallest absolute Gasteiger partial charge is 0.434 e. The number of benzene rings is 2. The number of hydrogen-bond acceptors (Lipinski definition) is 5. The zero-order valence-electron chi connectivity index (χ0n) is 17.6. The summed E-state index contributed by atoms with van der Waals surface area (Å²) >= 11 is 0. The molecule has 0 saturated heterocycles. The summed E-state index contributed by atoms with van der Waals surface area (Å²) < 4.78 is 9.67. The van der Waals surface area contributed by atoms with Crippen molar-refractivity contribution in [3.63, 3.8) is 0 Å². The third-order valence-corrected chi connectivity index (χ3v) is 4.84. The summed E-state index contributed by atoms with van der Waals surface area (Å²) in [4.78, 5) is 35.7. The van der Waals surface area contributed by atoms with Crippen LogP contribution in [0.2, 0.25) is 0 Å². The van der Waals surface area contributed by atoms with E-state index in [-0.39, 0.29) is 18.4 Å². The first-order chi connectivity index (χ1) is 14.9. The van der Waals surface area contributed by atoms with Crippen LogP contribution in [0.3, 0.4) is 0 Å². The summed E-state index contributed by atoms with van der Waals surface area (Å²) in [5.74, 6) is 0.500. The number of carbonyl (C=O) groups is 3. The molecule has 0 heterocycles. The van der Waals surface area contributed by atoms with Gasteiger partial charge in [-0.05, 0) is 74.6 Å². The van der Waals surface area contributed by atoms with Crippen LogP contribution in [0.4, 0.5) is 10.5 Å². The Labute approximate surface area is 181 Å². The van der Waals surface area contributed by atoms with E-state index < -0.39 is 6.16 Å². The Morgan fingerprint density at radius 2 is 1.71 bits per heavy atom. The first-order valence-corrected chi connectivity index (χ1v) is 10.3. The van der Waals surface area contributed by atoms with E-state index in [1.807, 2.05) is 19.1 Å². The largest absolute Gasteiger partial charge is 0.513 e. The number of carbonyl (C=O) groups excluding carboxylic acids is 3. The molecule has 1 aliphatic rings. The number of amides is 2. The molecule has 3 rings (SSSR count). The van der Waals surface area contributed by atoms with Crippen molar-refractivity contribution in [1.82, 2.24) is 5.32 Å². The molecule has 2 aromatic carbocycles. The highest BCUT2D eigenvalue weighted by molar-refractivity contribution is 6.04. The van der Waals surface area contributed by atoms with Gasteiger partial charge in [-0.3, -0.25) is 9.59 Å². The van der Waals surface area contributed by atoms with Gasteiger partial charge in [0.15, 0.2) is 0 Å². The van der Waals surface area contributed by atoms with Crippen molar-refractivity contribution >= 4 is 23.7 Å². The molecule has 0 bridgehead atoms. The van der Waals surface area contributed by atoms with Crippen molar-refractivity contribution in [2.75, 3.05) is 11.9 Å². The molecule has 162 valence electrons. The fourth-order valence-corrected chi connectivity index (χ4v) is 2.93. The zero-order chi connectivity index (χ0) is 22.2. The maximum atomic E-state index is 12.4. The minimum absolute atomic E-state index is 0.0860. The number of rotatable bonds is 8. The Bertz CT molecular complexity index is 960. The van der Waals surface area contributed by atoms with E-state index in [4.69, 9.17) is 9.47 Å². The fourth-order valence-electron chi connectivity index (χ4n) is 2.93. The van der Waals surface area contributed by atoms with Gasteiger partial charge in [-0.25, -0.2) is 4.79 Å². The van der Waals surface area contributed by atoms with Gasteiger partial charge in [0, 0.05) is 23.9 Å². The first-order valence-electron chi connectivity index (χ1n) is 10.3. The standard InChI is InChI=1S/C24H26N2O5/c1-3-30-24(29)31-21-12-8-19(9-13-21)23(28)26-20-10-4-17(5-11-20)15-25-22(27)14-16(2)18-6-7-18/h4-5,8-14,18H,3,6-7,15H2,1-2H3,(H,25,27)(H,26,28)/b16-14+. The van der Waals surface area contributed by atoms with Crippen molar-refractivity contribution in [2.24, 2.45) is 5.92 Å². The SMILES string of the molecule is CCOC(=O)Oc1ccc(C(=O)Nc2ccc(CNC(=O)/C=C(\C)C3CC3)cc2)cc1. The van der Waals surface area contributed by atoms with Crippen LogP contribution < -0.4 is 15.4 Å². The molecule has 0 aliphatic heterocycles. The van der Waals surface area contributed by atoms with Gasteiger partial charge in [-0.15, -0.1) is 0 Å². The van der Waals surface area contributed by atoms with Gasteiger partial charge in [-0.1, -0.05) is 17.7 Å². The van der Waals surface area contributed by atoms with E-state index in [1.165, 1.54) is 25.0 Å². The second-order valence-corrected chi connectivity index (χ2v) is 7.34. The Kier molecular flexibility index (Phi) is 7.43. The summed E-state index contributed by atoms with van der Waals surface area (Å²) in [6, 6.07) is 13.4. The molecule has 7 heteroatoms. The molecular weight excluding hydrogens is 396 g/mol. The average molecular weight is 422 g/mol. The predicted molar refractivity (Wildman–Crippen MR) is 117 cm³/mol. The molecular formula is C24H26N2O5. The minimum Gasteiger partial charge on any atom is -0.434 e. The molecule has 2 amide bonds. The highest BCUT2D eigenvalue weighted by Crippen LogP contribution is 2.35. The Morgan fingerprint density at radius 3 is 2.32 bits per heavy atom. The number of ether oxygens (including phenoxy) is 2. The van der Waals surface area contributed by atoms with Gasteiger partial charge in [0.1, 0.15) is 5.75 Å². The molecule has 0 atom stereocenters. The number of nitrogens with one attached hydrogen (secondary N) is 2. The Hall–Kier alpha value is -3.61. The van der Waals surface area contributed by atoms with Crippen LogP contribution in [-0.2, 0) is 16.1 Å². The van der Waals surface area contributed by atoms with E-state index in [2.05, 4.69) is 10.6 Å². The monoisotopic (exact) mass is 422 g/mol. The Balaban J connectivity index is 1.48. The van der Waals surface area contributed by atoms with Gasteiger partial charge < -0.3 is 20.1 Å². The second kappa shape index (κ2) is 10.4.